The van der Waals surface area contributed by atoms with E-state index in [1.54, 1.807) is 18.2 Å². The lowest BCUT2D eigenvalue weighted by Crippen LogP contribution is -2.35. The second kappa shape index (κ2) is 9.66. The maximum atomic E-state index is 13.1. The van der Waals surface area contributed by atoms with Crippen molar-refractivity contribution in [3.63, 3.8) is 0 Å². The second-order valence-corrected chi connectivity index (χ2v) is 6.26. The lowest BCUT2D eigenvalue weighted by molar-refractivity contribution is 0.0843. The molecule has 30 heavy (non-hydrogen) atoms. The van der Waals surface area contributed by atoms with Crippen LogP contribution in [0, 0.1) is 11.6 Å². The van der Waals surface area contributed by atoms with Gasteiger partial charge in [-0.1, -0.05) is 0 Å². The first kappa shape index (κ1) is 21.0. The molecule has 1 aromatic heterocycles. The molecule has 0 saturated carbocycles. The molecule has 2 aromatic carbocycles. The number of aliphatic hydroxyl groups excluding tert-OH is 1. The number of ether oxygens (including phenoxy) is 1. The minimum Gasteiger partial charge on any atom is -0.491 e. The number of aliphatic hydroxyl groups is 1. The van der Waals surface area contributed by atoms with Crippen molar-refractivity contribution in [1.82, 2.24) is 5.32 Å². The lowest BCUT2D eigenvalue weighted by atomic mass is 10.2. The molecule has 0 aliphatic carbocycles. The molecule has 0 spiro atoms. The highest BCUT2D eigenvalue weighted by Gasteiger charge is 2.12. The Hall–Kier alpha value is -3.72. The Kier molecular flexibility index (Phi) is 6.76. The number of halogens is 2. The zero-order valence-electron chi connectivity index (χ0n) is 15.6. The minimum absolute atomic E-state index is 0.0615. The van der Waals surface area contributed by atoms with E-state index < -0.39 is 29.6 Å². The van der Waals surface area contributed by atoms with Crippen molar-refractivity contribution >= 4 is 17.5 Å². The first-order valence-electron chi connectivity index (χ1n) is 8.91. The quantitative estimate of drug-likeness (QED) is 0.524. The van der Waals surface area contributed by atoms with Gasteiger partial charge in [0.15, 0.2) is 17.4 Å². The van der Waals surface area contributed by atoms with Gasteiger partial charge in [-0.25, -0.2) is 8.78 Å². The number of nitrogens with one attached hydrogen (secondary N) is 2. The van der Waals surface area contributed by atoms with Crippen molar-refractivity contribution < 1.29 is 32.6 Å². The van der Waals surface area contributed by atoms with E-state index in [4.69, 9.17) is 9.15 Å². The molecule has 0 bridgehead atoms. The molecule has 1 unspecified atom stereocenters. The normalized spacial score (nSPS) is 11.6. The molecular formula is C21H18F2N2O5. The number of carbonyl (C=O) groups is 2. The summed E-state index contributed by atoms with van der Waals surface area (Å²) in [4.78, 5) is 24.1. The average molecular weight is 416 g/mol. The molecule has 0 fully saturated rings. The van der Waals surface area contributed by atoms with E-state index in [-0.39, 0.29) is 24.7 Å². The molecule has 0 saturated heterocycles. The van der Waals surface area contributed by atoms with E-state index in [1.165, 1.54) is 30.5 Å². The molecule has 2 amide bonds. The summed E-state index contributed by atoms with van der Waals surface area (Å²) in [5, 5.41) is 15.1. The largest absolute Gasteiger partial charge is 0.491 e. The van der Waals surface area contributed by atoms with Crippen LogP contribution < -0.4 is 15.4 Å². The van der Waals surface area contributed by atoms with Gasteiger partial charge in [-0.2, -0.15) is 0 Å². The monoisotopic (exact) mass is 416 g/mol. The number of benzene rings is 2. The molecule has 7 nitrogen and oxygen atoms in total. The highest BCUT2D eigenvalue weighted by Crippen LogP contribution is 2.15. The van der Waals surface area contributed by atoms with E-state index in [0.717, 1.165) is 12.1 Å². The maximum absolute atomic E-state index is 13.1. The van der Waals surface area contributed by atoms with Gasteiger partial charge in [0.2, 0.25) is 0 Å². The lowest BCUT2D eigenvalue weighted by Gasteiger charge is -2.13. The maximum Gasteiger partial charge on any atom is 0.291 e. The van der Waals surface area contributed by atoms with Gasteiger partial charge in [-0.3, -0.25) is 9.59 Å². The van der Waals surface area contributed by atoms with Crippen molar-refractivity contribution in [1.29, 1.82) is 0 Å². The van der Waals surface area contributed by atoms with Gasteiger partial charge < -0.3 is 24.9 Å². The summed E-state index contributed by atoms with van der Waals surface area (Å²) in [7, 11) is 0. The Balaban J connectivity index is 1.44. The highest BCUT2D eigenvalue weighted by atomic mass is 19.2. The zero-order chi connectivity index (χ0) is 21.5. The molecular weight excluding hydrogens is 398 g/mol. The topological polar surface area (TPSA) is 101 Å². The van der Waals surface area contributed by atoms with Gasteiger partial charge in [0, 0.05) is 23.9 Å². The van der Waals surface area contributed by atoms with Crippen molar-refractivity contribution in [3.05, 3.63) is 83.8 Å². The summed E-state index contributed by atoms with van der Waals surface area (Å²) in [6, 6.07) is 12.3. The van der Waals surface area contributed by atoms with Gasteiger partial charge in [-0.05, 0) is 48.5 Å². The third kappa shape index (κ3) is 5.65. The second-order valence-electron chi connectivity index (χ2n) is 6.26. The Morgan fingerprint density at radius 2 is 1.80 bits per heavy atom. The molecule has 0 aliphatic rings. The van der Waals surface area contributed by atoms with E-state index in [0.29, 0.717) is 11.3 Å². The Labute approximate surface area is 170 Å². The third-order valence-corrected chi connectivity index (χ3v) is 3.98. The molecule has 0 aliphatic heterocycles. The fourth-order valence-corrected chi connectivity index (χ4v) is 2.44. The van der Waals surface area contributed by atoms with Crippen LogP contribution in [0.2, 0.25) is 0 Å². The van der Waals surface area contributed by atoms with Gasteiger partial charge in [0.1, 0.15) is 18.5 Å². The predicted molar refractivity (Wildman–Crippen MR) is 103 cm³/mol. The third-order valence-electron chi connectivity index (χ3n) is 3.98. The molecule has 0 radical (unpaired) electrons. The summed E-state index contributed by atoms with van der Waals surface area (Å²) in [6.45, 7) is -0.331. The summed E-state index contributed by atoms with van der Waals surface area (Å²) >= 11 is 0. The fraction of sp³-hybridized carbons (Fsp3) is 0.143. The number of hydrogen-bond donors (Lipinski definition) is 3. The Morgan fingerprint density at radius 3 is 2.47 bits per heavy atom. The van der Waals surface area contributed by atoms with Crippen LogP contribution in [0.25, 0.3) is 0 Å². The molecule has 3 aromatic rings. The van der Waals surface area contributed by atoms with Crippen LogP contribution in [0.5, 0.6) is 5.75 Å². The van der Waals surface area contributed by atoms with Gasteiger partial charge in [0.05, 0.1) is 6.26 Å². The van der Waals surface area contributed by atoms with Crippen molar-refractivity contribution in [2.24, 2.45) is 0 Å². The number of carbonyl (C=O) groups excluding carboxylic acids is 2. The van der Waals surface area contributed by atoms with Gasteiger partial charge >= 0.3 is 0 Å². The Bertz CT molecular complexity index is 1010. The van der Waals surface area contributed by atoms with Crippen LogP contribution in [-0.4, -0.2) is 36.2 Å². The van der Waals surface area contributed by atoms with E-state index in [1.807, 2.05) is 0 Å². The summed E-state index contributed by atoms with van der Waals surface area (Å²) < 4.78 is 36.1. The molecule has 3 rings (SSSR count). The molecule has 156 valence electrons. The van der Waals surface area contributed by atoms with Gasteiger partial charge in [0.25, 0.3) is 11.8 Å². The van der Waals surface area contributed by atoms with Crippen molar-refractivity contribution in [2.45, 2.75) is 6.10 Å². The first-order valence-corrected chi connectivity index (χ1v) is 8.91. The highest BCUT2D eigenvalue weighted by molar-refractivity contribution is 6.02. The molecule has 9 heteroatoms. The summed E-state index contributed by atoms with van der Waals surface area (Å²) in [5.74, 6) is -2.68. The van der Waals surface area contributed by atoms with Crippen molar-refractivity contribution in [2.75, 3.05) is 18.5 Å². The van der Waals surface area contributed by atoms with Crippen molar-refractivity contribution in [3.8, 4) is 5.75 Å². The number of furan rings is 1. The van der Waals surface area contributed by atoms with Crippen LogP contribution in [0.15, 0.2) is 65.3 Å². The Morgan fingerprint density at radius 1 is 1.03 bits per heavy atom. The smallest absolute Gasteiger partial charge is 0.291 e. The van der Waals surface area contributed by atoms with Crippen LogP contribution in [0.3, 0.4) is 0 Å². The number of amides is 2. The minimum atomic E-state index is -1.06. The van der Waals surface area contributed by atoms with Gasteiger partial charge in [-0.15, -0.1) is 0 Å². The van der Waals surface area contributed by atoms with Crippen LogP contribution in [0.4, 0.5) is 14.5 Å². The average Bonchev–Trinajstić information content (AvgIpc) is 3.28. The van der Waals surface area contributed by atoms with E-state index in [2.05, 4.69) is 10.6 Å². The molecule has 1 atom stereocenters. The molecule has 1 heterocycles. The number of hydrogen-bond acceptors (Lipinski definition) is 5. The predicted octanol–water partition coefficient (Wildman–Crippen LogP) is 2.98. The van der Waals surface area contributed by atoms with E-state index >= 15 is 0 Å². The van der Waals surface area contributed by atoms with Crippen LogP contribution >= 0.6 is 0 Å². The summed E-state index contributed by atoms with van der Waals surface area (Å²) in [5.41, 5.74) is 0.799. The zero-order valence-corrected chi connectivity index (χ0v) is 15.6. The van der Waals surface area contributed by atoms with E-state index in [9.17, 15) is 23.5 Å². The van der Waals surface area contributed by atoms with Crippen LogP contribution in [-0.2, 0) is 0 Å². The van der Waals surface area contributed by atoms with Crippen LogP contribution in [0.1, 0.15) is 20.9 Å². The SMILES string of the molecule is O=C(NCC(O)COc1ccc(F)c(F)c1)c1ccc(NC(=O)c2ccco2)cc1. The standard InChI is InChI=1S/C21H18F2N2O5/c22-17-8-7-16(10-18(17)23)30-12-15(26)11-24-20(27)13-3-5-14(6-4-13)25-21(28)19-2-1-9-29-19/h1-10,15,26H,11-12H2,(H,24,27)(H,25,28). The number of anilines is 1. The molecule has 3 N–H and O–H groups in total. The summed E-state index contributed by atoms with van der Waals surface area (Å²) in [6.07, 6.45) is 0.327. The first-order chi connectivity index (χ1) is 14.4. The fourth-order valence-electron chi connectivity index (χ4n) is 2.44. The number of rotatable bonds is 8.